The SMILES string of the molecule is CC(C)c1cc2c(-c3cccc4ccccc34)cccc2[cH-]1.CCCCc1ccc(-c2cccc3ccccc23)c2cc(C)[cH-]c12.C[Si](C)=[Zr+2].[Cl-].[Cl-]. The zero-order valence-electron chi connectivity index (χ0n) is 31.2. The Hall–Kier alpha value is -3.26. The molecule has 4 heteroatoms. The molecule has 0 nitrogen and oxygen atoms in total. The minimum absolute atomic E-state index is 0. The second kappa shape index (κ2) is 19.2. The van der Waals surface area contributed by atoms with Gasteiger partial charge in [-0.05, 0) is 38.6 Å². The van der Waals surface area contributed by atoms with E-state index < -0.39 is 0 Å². The number of fused-ring (bicyclic) bond motifs is 4. The predicted octanol–water partition coefficient (Wildman–Crippen LogP) is 8.32. The van der Waals surface area contributed by atoms with E-state index in [0.29, 0.717) is 5.92 Å². The van der Waals surface area contributed by atoms with Gasteiger partial charge in [-0.1, -0.05) is 155 Å². The van der Waals surface area contributed by atoms with E-state index in [4.69, 9.17) is 0 Å². The third-order valence-corrected chi connectivity index (χ3v) is 9.52. The Morgan fingerprint density at radius 2 is 1.10 bits per heavy atom. The molecule has 8 rings (SSSR count). The van der Waals surface area contributed by atoms with E-state index in [-0.39, 0.29) is 30.2 Å². The van der Waals surface area contributed by atoms with Gasteiger partial charge in [-0.2, -0.15) is 12.1 Å². The van der Waals surface area contributed by atoms with Crippen LogP contribution >= 0.6 is 0 Å². The average molecular weight is 815 g/mol. The Bertz CT molecular complexity index is 2400. The van der Waals surface area contributed by atoms with E-state index in [1.807, 2.05) is 0 Å². The molecule has 52 heavy (non-hydrogen) atoms. The van der Waals surface area contributed by atoms with Crippen LogP contribution in [0.15, 0.2) is 140 Å². The third-order valence-electron chi connectivity index (χ3n) is 9.52. The molecular formula is C48H48Cl2SiZr-2. The number of hydrogen-bond acceptors (Lipinski definition) is 0. The fraction of sp³-hybridized carbons (Fsp3) is 0.208. The molecule has 0 saturated heterocycles. The number of hydrogen-bond donors (Lipinski definition) is 0. The van der Waals surface area contributed by atoms with Gasteiger partial charge in [-0.25, -0.2) is 0 Å². The second-order valence-electron chi connectivity index (χ2n) is 14.0. The molecule has 0 heterocycles. The Morgan fingerprint density at radius 1 is 0.596 bits per heavy atom. The first-order valence-corrected chi connectivity index (χ1v) is 24.3. The first kappa shape index (κ1) is 41.5. The van der Waals surface area contributed by atoms with Crippen molar-refractivity contribution in [3.63, 3.8) is 0 Å². The molecule has 0 N–H and O–H groups in total. The average Bonchev–Trinajstić information content (AvgIpc) is 3.74. The van der Waals surface area contributed by atoms with Crippen LogP contribution in [0.4, 0.5) is 0 Å². The molecule has 0 saturated carbocycles. The van der Waals surface area contributed by atoms with Crippen LogP contribution in [-0.2, 0) is 29.8 Å². The molecule has 0 aliphatic rings. The van der Waals surface area contributed by atoms with Crippen LogP contribution in [0.5, 0.6) is 0 Å². The molecule has 0 amide bonds. The fourth-order valence-corrected chi connectivity index (χ4v) is 7.07. The summed E-state index contributed by atoms with van der Waals surface area (Å²) in [5, 5.41) is 10.8. The van der Waals surface area contributed by atoms with E-state index in [1.54, 1.807) is 23.3 Å². The quantitative estimate of drug-likeness (QED) is 0.117. The van der Waals surface area contributed by atoms with Gasteiger partial charge < -0.3 is 24.8 Å². The summed E-state index contributed by atoms with van der Waals surface area (Å²) in [6.07, 6.45) is 3.67. The van der Waals surface area contributed by atoms with Crippen LogP contribution in [0.2, 0.25) is 13.1 Å². The Balaban J connectivity index is 0.000000205. The molecule has 8 aromatic rings. The van der Waals surface area contributed by atoms with Gasteiger partial charge in [-0.15, -0.1) is 68.6 Å². The summed E-state index contributed by atoms with van der Waals surface area (Å²) in [6.45, 7) is 13.6. The molecule has 0 unspecified atom stereocenters. The van der Waals surface area contributed by atoms with Crippen LogP contribution in [0, 0.1) is 6.92 Å². The van der Waals surface area contributed by atoms with E-state index in [1.165, 1.54) is 101 Å². The number of benzene rings is 6. The fourth-order valence-electron chi connectivity index (χ4n) is 7.07. The van der Waals surface area contributed by atoms with Crippen molar-refractivity contribution in [3.05, 3.63) is 156 Å². The summed E-state index contributed by atoms with van der Waals surface area (Å²) in [4.78, 5) is 0. The second-order valence-corrected chi connectivity index (χ2v) is 23.4. The maximum Gasteiger partial charge on any atom is -1.00 e. The standard InChI is InChI=1S/C24H23.C22H19.C2H6Si.2ClH.Zr/c1-3-4-8-19-13-14-22(24-16-17(2)15-23(19)24)21-12-7-10-18-9-5-6-11-20(18)21;1-15(2)18-13-17-9-6-12-21(22(17)14-18)20-11-5-8-16-7-3-4-10-19(16)20;1-3-2;;;/h5-7,9-16H,3-4,8H2,1-2H3;3-15H,1-2H3;1-2H3;2*1H;/q2*-1;;;;+2/p-2. The third kappa shape index (κ3) is 9.45. The Kier molecular flexibility index (Phi) is 15.3. The van der Waals surface area contributed by atoms with E-state index in [0.717, 1.165) is 0 Å². The maximum atomic E-state index is 2.36. The van der Waals surface area contributed by atoms with Gasteiger partial charge in [0.05, 0.1) is 0 Å². The van der Waals surface area contributed by atoms with Gasteiger partial charge in [-0.3, -0.25) is 0 Å². The van der Waals surface area contributed by atoms with Gasteiger partial charge in [0.1, 0.15) is 0 Å². The summed E-state index contributed by atoms with van der Waals surface area (Å²) in [7, 11) is 0. The summed E-state index contributed by atoms with van der Waals surface area (Å²) in [5.41, 5.74) is 9.83. The van der Waals surface area contributed by atoms with E-state index in [9.17, 15) is 0 Å². The predicted molar refractivity (Wildman–Crippen MR) is 220 cm³/mol. The number of unbranched alkanes of at least 4 members (excludes halogenated alkanes) is 1. The molecule has 0 bridgehead atoms. The van der Waals surface area contributed by atoms with Crippen molar-refractivity contribution in [1.29, 1.82) is 0 Å². The molecule has 0 aromatic heterocycles. The zero-order chi connectivity index (χ0) is 35.2. The van der Waals surface area contributed by atoms with Gasteiger partial charge in [0, 0.05) is 0 Å². The number of halogens is 2. The van der Waals surface area contributed by atoms with Crippen molar-refractivity contribution >= 4 is 48.5 Å². The molecule has 0 atom stereocenters. The smallest absolute Gasteiger partial charge is 1.00 e. The van der Waals surface area contributed by atoms with Gasteiger partial charge in [0.15, 0.2) is 0 Å². The van der Waals surface area contributed by atoms with Crippen LogP contribution in [0.1, 0.15) is 56.2 Å². The van der Waals surface area contributed by atoms with Gasteiger partial charge in [0.2, 0.25) is 0 Å². The van der Waals surface area contributed by atoms with Crippen molar-refractivity contribution in [2.24, 2.45) is 0 Å². The van der Waals surface area contributed by atoms with Gasteiger partial charge >= 0.3 is 41.9 Å². The monoisotopic (exact) mass is 812 g/mol. The Morgan fingerprint density at radius 3 is 1.65 bits per heavy atom. The maximum absolute atomic E-state index is 2.36. The largest absolute Gasteiger partial charge is 1.00 e. The van der Waals surface area contributed by atoms with Crippen molar-refractivity contribution in [2.45, 2.75) is 66.0 Å². The van der Waals surface area contributed by atoms with Crippen LogP contribution in [-0.4, -0.2) is 5.43 Å². The topological polar surface area (TPSA) is 0 Å². The van der Waals surface area contributed by atoms with Crippen molar-refractivity contribution in [3.8, 4) is 22.3 Å². The summed E-state index contributed by atoms with van der Waals surface area (Å²) >= 11 is 1.74. The molecule has 8 aromatic carbocycles. The van der Waals surface area contributed by atoms with Crippen LogP contribution in [0.3, 0.4) is 0 Å². The first-order valence-electron chi connectivity index (χ1n) is 18.1. The van der Waals surface area contributed by atoms with E-state index in [2.05, 4.69) is 180 Å². The van der Waals surface area contributed by atoms with Crippen LogP contribution < -0.4 is 24.8 Å². The van der Waals surface area contributed by atoms with E-state index >= 15 is 0 Å². The normalized spacial score (nSPS) is 10.7. The summed E-state index contributed by atoms with van der Waals surface area (Å²) in [6, 6.07) is 51.2. The number of rotatable bonds is 6. The minimum Gasteiger partial charge on any atom is -1.00 e. The molecular weight excluding hydrogens is 767 g/mol. The summed E-state index contributed by atoms with van der Waals surface area (Å²) in [5.74, 6) is 0.563. The first-order chi connectivity index (χ1) is 24.2. The van der Waals surface area contributed by atoms with Gasteiger partial charge in [0.25, 0.3) is 0 Å². The Labute approximate surface area is 338 Å². The van der Waals surface area contributed by atoms with Crippen molar-refractivity contribution in [1.82, 2.24) is 0 Å². The zero-order valence-corrected chi connectivity index (χ0v) is 36.2. The molecule has 0 radical (unpaired) electrons. The summed E-state index contributed by atoms with van der Waals surface area (Å²) < 4.78 is 0. The molecule has 0 aliphatic heterocycles. The number of aryl methyl sites for hydroxylation is 2. The molecule has 0 aliphatic carbocycles. The van der Waals surface area contributed by atoms with Crippen molar-refractivity contribution < 1.29 is 48.1 Å². The van der Waals surface area contributed by atoms with Crippen LogP contribution in [0.25, 0.3) is 65.3 Å². The molecule has 0 spiro atoms. The van der Waals surface area contributed by atoms with Crippen molar-refractivity contribution in [2.75, 3.05) is 0 Å². The minimum atomic E-state index is 0. The molecule has 264 valence electrons. The molecule has 0 fully saturated rings.